The van der Waals surface area contributed by atoms with E-state index < -0.39 is 5.82 Å². The zero-order chi connectivity index (χ0) is 13.1. The van der Waals surface area contributed by atoms with Crippen LogP contribution in [0.2, 0.25) is 10.0 Å². The van der Waals surface area contributed by atoms with Crippen molar-refractivity contribution in [1.29, 1.82) is 0 Å². The first-order valence-electron chi connectivity index (χ1n) is 4.93. The molecule has 7 heteroatoms. The summed E-state index contributed by atoms with van der Waals surface area (Å²) < 4.78 is 18.4. The Balaban J connectivity index is 2.30. The second kappa shape index (κ2) is 5.37. The summed E-state index contributed by atoms with van der Waals surface area (Å²) in [6, 6.07) is 3.97. The van der Waals surface area contributed by atoms with Gasteiger partial charge in [-0.25, -0.2) is 9.37 Å². The van der Waals surface area contributed by atoms with Crippen molar-refractivity contribution in [3.05, 3.63) is 40.3 Å². The molecule has 0 aliphatic rings. The molecule has 1 heterocycles. The molecule has 18 heavy (non-hydrogen) atoms. The molecule has 1 aromatic heterocycles. The predicted molar refractivity (Wildman–Crippen MR) is 68.1 cm³/mol. The Labute approximate surface area is 113 Å². The number of anilines is 1. The van der Waals surface area contributed by atoms with Gasteiger partial charge in [-0.2, -0.15) is 4.98 Å². The lowest BCUT2D eigenvalue weighted by Crippen LogP contribution is -1.98. The molecule has 94 valence electrons. The second-order valence-corrected chi connectivity index (χ2v) is 4.09. The maximum atomic E-state index is 13.0. The molecule has 0 aliphatic carbocycles. The minimum atomic E-state index is -0.520. The van der Waals surface area contributed by atoms with E-state index in [0.29, 0.717) is 11.7 Å². The van der Waals surface area contributed by atoms with E-state index in [9.17, 15) is 4.39 Å². The Hall–Kier alpha value is -1.59. The highest BCUT2D eigenvalue weighted by Gasteiger charge is 2.09. The number of halogens is 3. The van der Waals surface area contributed by atoms with Gasteiger partial charge in [-0.05, 0) is 12.1 Å². The first-order valence-corrected chi connectivity index (χ1v) is 5.69. The predicted octanol–water partition coefficient (Wildman–Crippen LogP) is 3.76. The Kier molecular flexibility index (Phi) is 3.84. The van der Waals surface area contributed by atoms with E-state index in [0.717, 1.165) is 0 Å². The molecule has 4 nitrogen and oxygen atoms in total. The molecule has 0 fully saturated rings. The van der Waals surface area contributed by atoms with Crippen LogP contribution in [-0.2, 0) is 0 Å². The van der Waals surface area contributed by atoms with Crippen molar-refractivity contribution in [2.75, 3.05) is 12.4 Å². The molecule has 0 atom stereocenters. The number of hydrogen-bond donors (Lipinski definition) is 1. The van der Waals surface area contributed by atoms with Crippen LogP contribution in [0, 0.1) is 5.82 Å². The highest BCUT2D eigenvalue weighted by Crippen LogP contribution is 2.29. The summed E-state index contributed by atoms with van der Waals surface area (Å²) in [5.41, 5.74) is 0. The Bertz CT molecular complexity index is 580. The molecule has 1 aromatic carbocycles. The first kappa shape index (κ1) is 12.9. The summed E-state index contributed by atoms with van der Waals surface area (Å²) in [5.74, 6) is 0.346. The fourth-order valence-corrected chi connectivity index (χ4v) is 1.50. The van der Waals surface area contributed by atoms with E-state index in [4.69, 9.17) is 27.9 Å². The molecule has 0 saturated heterocycles. The molecule has 0 spiro atoms. The minimum absolute atomic E-state index is 0.0356. The van der Waals surface area contributed by atoms with Crippen molar-refractivity contribution < 1.29 is 9.13 Å². The molecule has 0 radical (unpaired) electrons. The van der Waals surface area contributed by atoms with Crippen LogP contribution in [0.15, 0.2) is 24.4 Å². The van der Waals surface area contributed by atoms with Crippen molar-refractivity contribution >= 4 is 29.2 Å². The summed E-state index contributed by atoms with van der Waals surface area (Å²) in [4.78, 5) is 7.94. The lowest BCUT2D eigenvalue weighted by atomic mass is 10.3. The van der Waals surface area contributed by atoms with E-state index in [1.54, 1.807) is 7.05 Å². The normalized spacial score (nSPS) is 10.2. The van der Waals surface area contributed by atoms with Gasteiger partial charge < -0.3 is 10.1 Å². The monoisotopic (exact) mass is 287 g/mol. The summed E-state index contributed by atoms with van der Waals surface area (Å²) in [7, 11) is 1.67. The van der Waals surface area contributed by atoms with Gasteiger partial charge in [0.05, 0.1) is 11.2 Å². The lowest BCUT2D eigenvalue weighted by molar-refractivity contribution is 0.461. The van der Waals surface area contributed by atoms with E-state index in [1.807, 2.05) is 0 Å². The van der Waals surface area contributed by atoms with Gasteiger partial charge >= 0.3 is 0 Å². The van der Waals surface area contributed by atoms with Gasteiger partial charge in [0.1, 0.15) is 16.6 Å². The number of nitrogens with one attached hydrogen (secondary N) is 1. The molecule has 0 amide bonds. The molecule has 2 rings (SSSR count). The summed E-state index contributed by atoms with van der Waals surface area (Å²) >= 11 is 11.5. The van der Waals surface area contributed by atoms with E-state index in [-0.39, 0.29) is 15.9 Å². The highest BCUT2D eigenvalue weighted by molar-refractivity contribution is 6.31. The van der Waals surface area contributed by atoms with Crippen molar-refractivity contribution in [3.8, 4) is 11.6 Å². The van der Waals surface area contributed by atoms with E-state index >= 15 is 0 Å². The number of rotatable bonds is 3. The SMILES string of the molecule is CNc1ncc(Cl)c(Oc2ccc(F)c(Cl)c2)n1. The molecule has 0 saturated carbocycles. The van der Waals surface area contributed by atoms with Crippen LogP contribution in [-0.4, -0.2) is 17.0 Å². The standard InChI is InChI=1S/C11H8Cl2FN3O/c1-15-11-16-5-8(13)10(17-11)18-6-2-3-9(14)7(12)4-6/h2-5H,1H3,(H,15,16,17). The van der Waals surface area contributed by atoms with Gasteiger partial charge in [-0.3, -0.25) is 0 Å². The molecule has 0 aliphatic heterocycles. The van der Waals surface area contributed by atoms with Crippen molar-refractivity contribution in [3.63, 3.8) is 0 Å². The summed E-state index contributed by atoms with van der Waals surface area (Å²) in [6.45, 7) is 0. The largest absolute Gasteiger partial charge is 0.437 e. The number of benzene rings is 1. The number of aromatic nitrogens is 2. The van der Waals surface area contributed by atoms with Crippen LogP contribution < -0.4 is 10.1 Å². The minimum Gasteiger partial charge on any atom is -0.437 e. The van der Waals surface area contributed by atoms with Crippen molar-refractivity contribution in [2.45, 2.75) is 0 Å². The number of hydrogen-bond acceptors (Lipinski definition) is 4. The molecule has 1 N–H and O–H groups in total. The van der Waals surface area contributed by atoms with Crippen LogP contribution in [0.1, 0.15) is 0 Å². The maximum absolute atomic E-state index is 13.0. The fourth-order valence-electron chi connectivity index (χ4n) is 1.20. The van der Waals surface area contributed by atoms with Crippen LogP contribution in [0.5, 0.6) is 11.6 Å². The van der Waals surface area contributed by atoms with Crippen LogP contribution in [0.4, 0.5) is 10.3 Å². The Morgan fingerprint density at radius 3 is 2.72 bits per heavy atom. The Morgan fingerprint density at radius 1 is 1.28 bits per heavy atom. The number of ether oxygens (including phenoxy) is 1. The smallest absolute Gasteiger partial charge is 0.243 e. The third kappa shape index (κ3) is 2.80. The van der Waals surface area contributed by atoms with Gasteiger partial charge in [-0.15, -0.1) is 0 Å². The summed E-state index contributed by atoms with van der Waals surface area (Å²) in [6.07, 6.45) is 1.40. The zero-order valence-corrected chi connectivity index (χ0v) is 10.8. The highest BCUT2D eigenvalue weighted by atomic mass is 35.5. The van der Waals surface area contributed by atoms with Gasteiger partial charge in [0, 0.05) is 13.1 Å². The van der Waals surface area contributed by atoms with Gasteiger partial charge in [0.15, 0.2) is 0 Å². The summed E-state index contributed by atoms with van der Waals surface area (Å²) in [5, 5.41) is 2.96. The molecular weight excluding hydrogens is 280 g/mol. The van der Waals surface area contributed by atoms with Crippen molar-refractivity contribution in [1.82, 2.24) is 9.97 Å². The van der Waals surface area contributed by atoms with Gasteiger partial charge in [0.25, 0.3) is 0 Å². The van der Waals surface area contributed by atoms with Crippen molar-refractivity contribution in [2.24, 2.45) is 0 Å². The second-order valence-electron chi connectivity index (χ2n) is 3.27. The van der Waals surface area contributed by atoms with Crippen LogP contribution >= 0.6 is 23.2 Å². The molecule has 0 bridgehead atoms. The zero-order valence-electron chi connectivity index (χ0n) is 9.25. The maximum Gasteiger partial charge on any atom is 0.243 e. The average Bonchev–Trinajstić information content (AvgIpc) is 2.36. The molecular formula is C11H8Cl2FN3O. The average molecular weight is 288 g/mol. The molecule has 2 aromatic rings. The van der Waals surface area contributed by atoms with Crippen LogP contribution in [0.3, 0.4) is 0 Å². The third-order valence-electron chi connectivity index (χ3n) is 2.04. The van der Waals surface area contributed by atoms with E-state index in [2.05, 4.69) is 15.3 Å². The molecule has 0 unspecified atom stereocenters. The van der Waals surface area contributed by atoms with Crippen LogP contribution in [0.25, 0.3) is 0 Å². The fraction of sp³-hybridized carbons (Fsp3) is 0.0909. The van der Waals surface area contributed by atoms with Gasteiger partial charge in [-0.1, -0.05) is 23.2 Å². The van der Waals surface area contributed by atoms with E-state index in [1.165, 1.54) is 24.4 Å². The first-order chi connectivity index (χ1) is 8.60. The topological polar surface area (TPSA) is 47.0 Å². The van der Waals surface area contributed by atoms with Gasteiger partial charge in [0.2, 0.25) is 11.8 Å². The Morgan fingerprint density at radius 2 is 2.06 bits per heavy atom. The third-order valence-corrected chi connectivity index (χ3v) is 2.59. The lowest BCUT2D eigenvalue weighted by Gasteiger charge is -2.08. The quantitative estimate of drug-likeness (QED) is 0.934. The number of nitrogens with zero attached hydrogens (tertiary/aromatic N) is 2.